The zero-order chi connectivity index (χ0) is 12.3. The molecule has 0 radical (unpaired) electrons. The lowest BCUT2D eigenvalue weighted by molar-refractivity contribution is 0.0322. The van der Waals surface area contributed by atoms with Crippen LogP contribution in [0.15, 0.2) is 0 Å². The normalized spacial score (nSPS) is 29.0. The summed E-state index contributed by atoms with van der Waals surface area (Å²) >= 11 is 0. The van der Waals surface area contributed by atoms with Gasteiger partial charge in [-0.3, -0.25) is 4.90 Å². The van der Waals surface area contributed by atoms with E-state index < -0.39 is 9.84 Å². The average Bonchev–Trinajstić information content (AvgIpc) is 2.30. The van der Waals surface area contributed by atoms with Crippen LogP contribution < -0.4 is 5.73 Å². The molecule has 100 valence electrons. The van der Waals surface area contributed by atoms with Gasteiger partial charge in [0, 0.05) is 25.7 Å². The van der Waals surface area contributed by atoms with Crippen LogP contribution in [-0.2, 0) is 14.6 Å². The number of sulfone groups is 1. The van der Waals surface area contributed by atoms with Gasteiger partial charge in [-0.1, -0.05) is 0 Å². The van der Waals surface area contributed by atoms with E-state index in [-0.39, 0.29) is 6.04 Å². The van der Waals surface area contributed by atoms with Crippen LogP contribution in [0, 0.1) is 5.92 Å². The van der Waals surface area contributed by atoms with Crippen LogP contribution in [0.3, 0.4) is 0 Å². The van der Waals surface area contributed by atoms with E-state index in [0.29, 0.717) is 17.4 Å². The Morgan fingerprint density at radius 3 is 2.41 bits per heavy atom. The Bertz CT molecular complexity index is 325. The van der Waals surface area contributed by atoms with Gasteiger partial charge < -0.3 is 10.5 Å². The fourth-order valence-electron chi connectivity index (χ4n) is 2.57. The number of rotatable bonds is 3. The van der Waals surface area contributed by atoms with Crippen molar-refractivity contribution in [1.82, 2.24) is 4.90 Å². The van der Waals surface area contributed by atoms with E-state index in [2.05, 4.69) is 4.90 Å². The van der Waals surface area contributed by atoms with Crippen molar-refractivity contribution >= 4 is 9.84 Å². The zero-order valence-electron chi connectivity index (χ0n) is 10.2. The number of hydrogen-bond donors (Lipinski definition) is 1. The van der Waals surface area contributed by atoms with Crippen LogP contribution in [-0.4, -0.2) is 63.7 Å². The van der Waals surface area contributed by atoms with Gasteiger partial charge >= 0.3 is 0 Å². The fraction of sp³-hybridized carbons (Fsp3) is 1.00. The van der Waals surface area contributed by atoms with Gasteiger partial charge in [0.25, 0.3) is 0 Å². The van der Waals surface area contributed by atoms with Gasteiger partial charge in [0.05, 0.1) is 24.7 Å². The second-order valence-corrected chi connectivity index (χ2v) is 7.37. The van der Waals surface area contributed by atoms with E-state index in [1.807, 2.05) is 0 Å². The molecular formula is C11H22N2O3S. The van der Waals surface area contributed by atoms with Gasteiger partial charge in [0.15, 0.2) is 0 Å². The van der Waals surface area contributed by atoms with Crippen molar-refractivity contribution in [2.45, 2.75) is 18.9 Å². The number of nitrogens with zero attached hydrogens (tertiary/aromatic N) is 1. The molecule has 5 nitrogen and oxygen atoms in total. The third-order valence-electron chi connectivity index (χ3n) is 3.78. The molecule has 2 N–H and O–H groups in total. The number of morpholine rings is 1. The molecule has 0 aromatic rings. The number of ether oxygens (including phenoxy) is 1. The molecule has 0 amide bonds. The summed E-state index contributed by atoms with van der Waals surface area (Å²) in [6.07, 6.45) is 1.46. The highest BCUT2D eigenvalue weighted by molar-refractivity contribution is 7.91. The van der Waals surface area contributed by atoms with Gasteiger partial charge in [-0.15, -0.1) is 0 Å². The molecule has 0 saturated carbocycles. The molecule has 2 saturated heterocycles. The van der Waals surface area contributed by atoms with E-state index >= 15 is 0 Å². The lowest BCUT2D eigenvalue weighted by atomic mass is 9.94. The van der Waals surface area contributed by atoms with Crippen LogP contribution in [0.2, 0.25) is 0 Å². The van der Waals surface area contributed by atoms with E-state index in [9.17, 15) is 8.42 Å². The van der Waals surface area contributed by atoms with Crippen LogP contribution in [0.25, 0.3) is 0 Å². The first kappa shape index (κ1) is 13.3. The summed E-state index contributed by atoms with van der Waals surface area (Å²) in [5, 5.41) is 0. The van der Waals surface area contributed by atoms with Crippen molar-refractivity contribution in [1.29, 1.82) is 0 Å². The Morgan fingerprint density at radius 2 is 1.82 bits per heavy atom. The van der Waals surface area contributed by atoms with Crippen molar-refractivity contribution < 1.29 is 13.2 Å². The molecular weight excluding hydrogens is 240 g/mol. The highest BCUT2D eigenvalue weighted by atomic mass is 32.2. The molecule has 0 aliphatic carbocycles. The van der Waals surface area contributed by atoms with Crippen molar-refractivity contribution in [3.05, 3.63) is 0 Å². The first-order valence-electron chi connectivity index (χ1n) is 6.33. The van der Waals surface area contributed by atoms with Gasteiger partial charge in [-0.2, -0.15) is 0 Å². The third-order valence-corrected chi connectivity index (χ3v) is 5.49. The molecule has 1 atom stereocenters. The summed E-state index contributed by atoms with van der Waals surface area (Å²) in [6.45, 7) is 4.32. The molecule has 0 aromatic heterocycles. The maximum Gasteiger partial charge on any atom is 0.150 e. The van der Waals surface area contributed by atoms with Crippen LogP contribution in [0.4, 0.5) is 0 Å². The van der Waals surface area contributed by atoms with Crippen molar-refractivity contribution in [3.8, 4) is 0 Å². The predicted octanol–water partition coefficient (Wildman–Crippen LogP) is -0.529. The minimum absolute atomic E-state index is 0.101. The lowest BCUT2D eigenvalue weighted by Gasteiger charge is -2.33. The summed E-state index contributed by atoms with van der Waals surface area (Å²) < 4.78 is 28.0. The van der Waals surface area contributed by atoms with Crippen molar-refractivity contribution in [2.24, 2.45) is 11.7 Å². The third kappa shape index (κ3) is 3.91. The first-order valence-corrected chi connectivity index (χ1v) is 8.15. The van der Waals surface area contributed by atoms with Crippen molar-refractivity contribution in [2.75, 3.05) is 44.4 Å². The summed E-state index contributed by atoms with van der Waals surface area (Å²) in [5.41, 5.74) is 6.19. The highest BCUT2D eigenvalue weighted by Gasteiger charge is 2.28. The second kappa shape index (κ2) is 5.65. The predicted molar refractivity (Wildman–Crippen MR) is 66.6 cm³/mol. The molecule has 2 aliphatic heterocycles. The molecule has 6 heteroatoms. The maximum absolute atomic E-state index is 11.3. The number of nitrogens with two attached hydrogens (primary N) is 1. The fourth-order valence-corrected chi connectivity index (χ4v) is 4.10. The van der Waals surface area contributed by atoms with Crippen LogP contribution in [0.1, 0.15) is 12.8 Å². The summed E-state index contributed by atoms with van der Waals surface area (Å²) in [6, 6.07) is 0.101. The molecule has 0 aromatic carbocycles. The number of hydrogen-bond acceptors (Lipinski definition) is 5. The smallest absolute Gasteiger partial charge is 0.150 e. The molecule has 2 aliphatic rings. The topological polar surface area (TPSA) is 72.6 Å². The van der Waals surface area contributed by atoms with Crippen LogP contribution >= 0.6 is 0 Å². The lowest BCUT2D eigenvalue weighted by Crippen LogP contribution is -2.48. The summed E-state index contributed by atoms with van der Waals surface area (Å²) in [7, 11) is -2.77. The molecule has 0 spiro atoms. The molecule has 2 rings (SSSR count). The van der Waals surface area contributed by atoms with Gasteiger partial charge in [0.2, 0.25) is 0 Å². The van der Waals surface area contributed by atoms with Gasteiger partial charge in [-0.05, 0) is 18.8 Å². The van der Waals surface area contributed by atoms with E-state index in [1.165, 1.54) is 0 Å². The largest absolute Gasteiger partial charge is 0.379 e. The monoisotopic (exact) mass is 262 g/mol. The Hall–Kier alpha value is -0.170. The Kier molecular flexibility index (Phi) is 4.41. The Labute approximate surface area is 103 Å². The van der Waals surface area contributed by atoms with Crippen molar-refractivity contribution in [3.63, 3.8) is 0 Å². The van der Waals surface area contributed by atoms with Crippen LogP contribution in [0.5, 0.6) is 0 Å². The first-order chi connectivity index (χ1) is 8.07. The molecule has 0 bridgehead atoms. The van der Waals surface area contributed by atoms with E-state index in [1.54, 1.807) is 0 Å². The SMILES string of the molecule is NC(CN1CCOCC1)C1CCS(=O)(=O)CC1. The minimum Gasteiger partial charge on any atom is -0.379 e. The minimum atomic E-state index is -2.77. The molecule has 17 heavy (non-hydrogen) atoms. The molecule has 2 heterocycles. The average molecular weight is 262 g/mol. The Morgan fingerprint density at radius 1 is 1.24 bits per heavy atom. The van der Waals surface area contributed by atoms with E-state index in [4.69, 9.17) is 10.5 Å². The van der Waals surface area contributed by atoms with E-state index in [0.717, 1.165) is 45.7 Å². The Balaban J connectivity index is 1.78. The second-order valence-electron chi connectivity index (χ2n) is 5.07. The summed E-state index contributed by atoms with van der Waals surface area (Å²) in [5.74, 6) is 0.990. The molecule has 2 fully saturated rings. The zero-order valence-corrected chi connectivity index (χ0v) is 11.0. The quantitative estimate of drug-likeness (QED) is 0.740. The maximum atomic E-state index is 11.3. The van der Waals surface area contributed by atoms with Gasteiger partial charge in [0.1, 0.15) is 9.84 Å². The van der Waals surface area contributed by atoms with Gasteiger partial charge in [-0.25, -0.2) is 8.42 Å². The summed E-state index contributed by atoms with van der Waals surface area (Å²) in [4.78, 5) is 2.32. The molecule has 1 unspecified atom stereocenters. The highest BCUT2D eigenvalue weighted by Crippen LogP contribution is 2.21. The standard InChI is InChI=1S/C11H22N2O3S/c12-11(9-13-3-5-16-6-4-13)10-1-7-17(14,15)8-2-10/h10-11H,1-9,12H2.